The third kappa shape index (κ3) is 2.19. The van der Waals surface area contributed by atoms with Gasteiger partial charge < -0.3 is 14.5 Å². The van der Waals surface area contributed by atoms with Crippen molar-refractivity contribution >= 4 is 12.2 Å². The van der Waals surface area contributed by atoms with Gasteiger partial charge in [0.2, 0.25) is 0 Å². The van der Waals surface area contributed by atoms with Crippen LogP contribution < -0.4 is 0 Å². The molecule has 0 bridgehead atoms. The molecule has 0 amide bonds. The van der Waals surface area contributed by atoms with Crippen molar-refractivity contribution in [2.75, 3.05) is 14.1 Å². The summed E-state index contributed by atoms with van der Waals surface area (Å²) in [6, 6.07) is 0.507. The van der Waals surface area contributed by atoms with Crippen molar-refractivity contribution in [2.45, 2.75) is 19.5 Å². The maximum atomic E-state index is 5.08. The fourth-order valence-corrected chi connectivity index (χ4v) is 1.14. The lowest BCUT2D eigenvalue weighted by atomic mass is 10.3. The maximum absolute atomic E-state index is 5.08. The molecule has 1 unspecified atom stereocenters. The van der Waals surface area contributed by atoms with Crippen LogP contribution in [0.2, 0.25) is 0 Å². The van der Waals surface area contributed by atoms with Crippen LogP contribution in [0.1, 0.15) is 6.92 Å². The van der Waals surface area contributed by atoms with Gasteiger partial charge in [0.1, 0.15) is 0 Å². The molecular weight excluding hydrogens is 170 g/mol. The topological polar surface area (TPSA) is 24.0 Å². The smallest absolute Gasteiger partial charge is 0.177 e. The highest BCUT2D eigenvalue weighted by atomic mass is 32.1. The molecule has 0 aliphatic carbocycles. The normalized spacial score (nSPS) is 13.7. The number of rotatable bonds is 3. The predicted octanol–water partition coefficient (Wildman–Crippen LogP) is 1.50. The Morgan fingerprint density at radius 2 is 2.33 bits per heavy atom. The summed E-state index contributed by atoms with van der Waals surface area (Å²) in [5, 5.41) is 0. The highest BCUT2D eigenvalue weighted by Gasteiger charge is 2.04. The second-order valence-electron chi connectivity index (χ2n) is 3.23. The average Bonchev–Trinajstić information content (AvgIpc) is 2.36. The zero-order valence-corrected chi connectivity index (χ0v) is 8.56. The number of imidazole rings is 1. The van der Waals surface area contributed by atoms with Crippen LogP contribution in [0.25, 0.3) is 0 Å². The van der Waals surface area contributed by atoms with E-state index in [0.717, 1.165) is 11.3 Å². The summed E-state index contributed by atoms with van der Waals surface area (Å²) in [6.45, 7) is 3.12. The van der Waals surface area contributed by atoms with E-state index in [1.165, 1.54) is 0 Å². The van der Waals surface area contributed by atoms with E-state index in [0.29, 0.717) is 6.04 Å². The zero-order chi connectivity index (χ0) is 9.14. The fourth-order valence-electron chi connectivity index (χ4n) is 0.941. The van der Waals surface area contributed by atoms with E-state index in [9.17, 15) is 0 Å². The molecule has 0 saturated carbocycles. The van der Waals surface area contributed by atoms with Gasteiger partial charge in [0.15, 0.2) is 4.77 Å². The van der Waals surface area contributed by atoms with Gasteiger partial charge in [0.25, 0.3) is 0 Å². The van der Waals surface area contributed by atoms with Crippen LogP contribution in [0.15, 0.2) is 12.4 Å². The van der Waals surface area contributed by atoms with Crippen LogP contribution in [0.4, 0.5) is 0 Å². The third-order valence-electron chi connectivity index (χ3n) is 2.06. The first-order valence-electron chi connectivity index (χ1n) is 4.01. The minimum atomic E-state index is 0.507. The molecule has 1 atom stereocenters. The first kappa shape index (κ1) is 9.48. The number of H-pyrrole nitrogens is 1. The lowest BCUT2D eigenvalue weighted by molar-refractivity contribution is 0.283. The SMILES string of the molecule is CC(Cn1cc[nH]c1=S)N(C)C. The summed E-state index contributed by atoms with van der Waals surface area (Å²) >= 11 is 5.08. The Morgan fingerprint density at radius 1 is 1.67 bits per heavy atom. The van der Waals surface area contributed by atoms with Crippen molar-refractivity contribution in [1.82, 2.24) is 14.5 Å². The minimum absolute atomic E-state index is 0.507. The van der Waals surface area contributed by atoms with Crippen LogP contribution >= 0.6 is 12.2 Å². The van der Waals surface area contributed by atoms with E-state index >= 15 is 0 Å². The Kier molecular flexibility index (Phi) is 3.05. The molecule has 1 aromatic rings. The van der Waals surface area contributed by atoms with Gasteiger partial charge in [0, 0.05) is 25.0 Å². The molecule has 1 N–H and O–H groups in total. The Morgan fingerprint density at radius 3 is 2.75 bits per heavy atom. The molecule has 0 radical (unpaired) electrons. The van der Waals surface area contributed by atoms with Crippen molar-refractivity contribution in [3.8, 4) is 0 Å². The van der Waals surface area contributed by atoms with Gasteiger partial charge in [-0.2, -0.15) is 0 Å². The highest BCUT2D eigenvalue weighted by Crippen LogP contribution is 1.98. The maximum Gasteiger partial charge on any atom is 0.177 e. The number of hydrogen-bond donors (Lipinski definition) is 1. The number of likely N-dealkylation sites (N-methyl/N-ethyl adjacent to an activating group) is 1. The molecule has 3 nitrogen and oxygen atoms in total. The molecule has 0 aliphatic heterocycles. The van der Waals surface area contributed by atoms with E-state index < -0.39 is 0 Å². The van der Waals surface area contributed by atoms with Gasteiger partial charge in [-0.05, 0) is 33.2 Å². The fraction of sp³-hybridized carbons (Fsp3) is 0.625. The molecule has 68 valence electrons. The molecule has 0 aliphatic rings. The average molecular weight is 185 g/mol. The summed E-state index contributed by atoms with van der Waals surface area (Å²) in [4.78, 5) is 5.15. The standard InChI is InChI=1S/C8H15N3S/c1-7(10(2)3)6-11-5-4-9-8(11)12/h4-5,7H,6H2,1-3H3,(H,9,12). The van der Waals surface area contributed by atoms with Crippen LogP contribution in [0.5, 0.6) is 0 Å². The van der Waals surface area contributed by atoms with Crippen LogP contribution in [0.3, 0.4) is 0 Å². The van der Waals surface area contributed by atoms with Crippen LogP contribution in [-0.4, -0.2) is 34.6 Å². The van der Waals surface area contributed by atoms with E-state index in [1.54, 1.807) is 0 Å². The summed E-state index contributed by atoms with van der Waals surface area (Å²) in [6.07, 6.45) is 3.84. The van der Waals surface area contributed by atoms with Crippen molar-refractivity contribution in [1.29, 1.82) is 0 Å². The van der Waals surface area contributed by atoms with Crippen molar-refractivity contribution in [3.05, 3.63) is 17.2 Å². The molecule has 1 rings (SSSR count). The lowest BCUT2D eigenvalue weighted by Crippen LogP contribution is -2.29. The van der Waals surface area contributed by atoms with E-state index in [-0.39, 0.29) is 0 Å². The van der Waals surface area contributed by atoms with E-state index in [1.807, 2.05) is 17.0 Å². The second-order valence-corrected chi connectivity index (χ2v) is 3.62. The second kappa shape index (κ2) is 3.87. The first-order valence-corrected chi connectivity index (χ1v) is 4.42. The van der Waals surface area contributed by atoms with Crippen LogP contribution in [0, 0.1) is 4.77 Å². The van der Waals surface area contributed by atoms with Gasteiger partial charge in [-0.25, -0.2) is 0 Å². The van der Waals surface area contributed by atoms with Gasteiger partial charge >= 0.3 is 0 Å². The number of aromatic nitrogens is 2. The molecule has 4 heteroatoms. The Labute approximate surface area is 78.0 Å². The first-order chi connectivity index (χ1) is 5.61. The predicted molar refractivity (Wildman–Crippen MR) is 52.8 cm³/mol. The van der Waals surface area contributed by atoms with Gasteiger partial charge in [-0.3, -0.25) is 0 Å². The summed E-state index contributed by atoms with van der Waals surface area (Å²) in [5.41, 5.74) is 0. The quantitative estimate of drug-likeness (QED) is 0.721. The molecular formula is C8H15N3S. The summed E-state index contributed by atoms with van der Waals surface area (Å²) in [7, 11) is 4.14. The molecule has 1 aromatic heterocycles. The molecule has 0 aromatic carbocycles. The Bertz CT molecular complexity index is 286. The molecule has 0 spiro atoms. The van der Waals surface area contributed by atoms with Crippen molar-refractivity contribution in [3.63, 3.8) is 0 Å². The summed E-state index contributed by atoms with van der Waals surface area (Å²) < 4.78 is 2.84. The number of hydrogen-bond acceptors (Lipinski definition) is 2. The zero-order valence-electron chi connectivity index (χ0n) is 7.74. The largest absolute Gasteiger partial charge is 0.337 e. The van der Waals surface area contributed by atoms with E-state index in [4.69, 9.17) is 12.2 Å². The van der Waals surface area contributed by atoms with E-state index in [2.05, 4.69) is 30.9 Å². The number of nitrogens with one attached hydrogen (secondary N) is 1. The third-order valence-corrected chi connectivity index (χ3v) is 2.42. The van der Waals surface area contributed by atoms with Crippen LogP contribution in [-0.2, 0) is 6.54 Å². The lowest BCUT2D eigenvalue weighted by Gasteiger charge is -2.19. The molecule has 12 heavy (non-hydrogen) atoms. The summed E-state index contributed by atoms with van der Waals surface area (Å²) in [5.74, 6) is 0. The Hall–Kier alpha value is -0.610. The number of nitrogens with zero attached hydrogens (tertiary/aromatic N) is 2. The molecule has 0 saturated heterocycles. The van der Waals surface area contributed by atoms with Gasteiger partial charge in [-0.1, -0.05) is 0 Å². The highest BCUT2D eigenvalue weighted by molar-refractivity contribution is 7.71. The molecule has 0 fully saturated rings. The molecule has 1 heterocycles. The minimum Gasteiger partial charge on any atom is -0.337 e. The van der Waals surface area contributed by atoms with Crippen molar-refractivity contribution < 1.29 is 0 Å². The van der Waals surface area contributed by atoms with Gasteiger partial charge in [0.05, 0.1) is 0 Å². The van der Waals surface area contributed by atoms with Crippen molar-refractivity contribution in [2.24, 2.45) is 0 Å². The monoisotopic (exact) mass is 185 g/mol. The number of aromatic amines is 1. The van der Waals surface area contributed by atoms with Gasteiger partial charge in [-0.15, -0.1) is 0 Å². The Balaban J connectivity index is 2.64.